The average Bonchev–Trinajstić information content (AvgIpc) is 2.78. The molecule has 2 aromatic rings. The van der Waals surface area contributed by atoms with Crippen LogP contribution in [0.3, 0.4) is 0 Å². The highest BCUT2D eigenvalue weighted by atomic mass is 79.9. The van der Waals surface area contributed by atoms with E-state index >= 15 is 0 Å². The number of carbonyl (C=O) groups is 1. The van der Waals surface area contributed by atoms with E-state index in [0.29, 0.717) is 11.3 Å². The molecule has 1 aromatic heterocycles. The summed E-state index contributed by atoms with van der Waals surface area (Å²) in [5.41, 5.74) is 1.81. The molecular weight excluding hydrogens is 382 g/mol. The van der Waals surface area contributed by atoms with Gasteiger partial charge in [-0.25, -0.2) is 0 Å². The fraction of sp³-hybridized carbons (Fsp3) is 0.450. The van der Waals surface area contributed by atoms with E-state index in [1.165, 1.54) is 5.56 Å². The Hall–Kier alpha value is -1.75. The molecule has 1 aromatic carbocycles. The number of halogens is 1. The molecule has 0 radical (unpaired) electrons. The van der Waals surface area contributed by atoms with Crippen molar-refractivity contribution in [2.45, 2.75) is 59.6 Å². The van der Waals surface area contributed by atoms with E-state index in [0.717, 1.165) is 28.8 Å². The summed E-state index contributed by atoms with van der Waals surface area (Å²) in [5, 5.41) is 3.05. The Morgan fingerprint density at radius 1 is 1.16 bits per heavy atom. The molecule has 1 heterocycles. The highest BCUT2D eigenvalue weighted by Gasteiger charge is 2.20. The quantitative estimate of drug-likeness (QED) is 0.686. The summed E-state index contributed by atoms with van der Waals surface area (Å²) < 4.78 is 11.9. The molecule has 2 rings (SSSR count). The Bertz CT molecular complexity index is 719. The molecule has 5 heteroatoms. The van der Waals surface area contributed by atoms with Gasteiger partial charge in [0.05, 0.1) is 16.1 Å². The topological polar surface area (TPSA) is 51.5 Å². The van der Waals surface area contributed by atoms with Gasteiger partial charge in [0.25, 0.3) is 5.91 Å². The van der Waals surface area contributed by atoms with Crippen molar-refractivity contribution in [3.63, 3.8) is 0 Å². The van der Waals surface area contributed by atoms with Crippen LogP contribution in [0.2, 0.25) is 0 Å². The molecule has 25 heavy (non-hydrogen) atoms. The van der Waals surface area contributed by atoms with Gasteiger partial charge in [-0.05, 0) is 81.1 Å². The minimum Gasteiger partial charge on any atom is -0.491 e. The maximum absolute atomic E-state index is 12.5. The van der Waals surface area contributed by atoms with Gasteiger partial charge in [0.15, 0.2) is 0 Å². The molecule has 136 valence electrons. The second-order valence-corrected chi connectivity index (χ2v) is 7.42. The molecule has 1 amide bonds. The fourth-order valence-electron chi connectivity index (χ4n) is 2.67. The van der Waals surface area contributed by atoms with Gasteiger partial charge in [-0.3, -0.25) is 4.79 Å². The van der Waals surface area contributed by atoms with E-state index < -0.39 is 0 Å². The number of benzene rings is 1. The van der Waals surface area contributed by atoms with Gasteiger partial charge in [0, 0.05) is 6.04 Å². The Balaban J connectivity index is 1.88. The minimum absolute atomic E-state index is 0.0700. The SMILES string of the molecule is Cc1oc(C)c(C(=O)NC(C)CCc2ccc(OC(C)C)cc2)c1Br. The van der Waals surface area contributed by atoms with Crippen LogP contribution in [0.4, 0.5) is 0 Å². The van der Waals surface area contributed by atoms with Crippen molar-refractivity contribution >= 4 is 21.8 Å². The zero-order valence-electron chi connectivity index (χ0n) is 15.5. The minimum atomic E-state index is -0.102. The predicted molar refractivity (Wildman–Crippen MR) is 103 cm³/mol. The van der Waals surface area contributed by atoms with Gasteiger partial charge < -0.3 is 14.5 Å². The standard InChI is InChI=1S/C20H26BrNO3/c1-12(2)24-17-10-8-16(9-11-17)7-6-13(3)22-20(23)18-14(4)25-15(5)19(18)21/h8-13H,6-7H2,1-5H3,(H,22,23). The molecule has 1 unspecified atom stereocenters. The molecule has 0 aliphatic heterocycles. The van der Waals surface area contributed by atoms with Gasteiger partial charge >= 0.3 is 0 Å². The summed E-state index contributed by atoms with van der Waals surface area (Å²) in [5.74, 6) is 2.14. The molecule has 0 fully saturated rings. The van der Waals surface area contributed by atoms with Crippen LogP contribution in [-0.2, 0) is 6.42 Å². The van der Waals surface area contributed by atoms with Crippen molar-refractivity contribution in [1.82, 2.24) is 5.32 Å². The summed E-state index contributed by atoms with van der Waals surface area (Å²) in [6.07, 6.45) is 1.94. The fourth-order valence-corrected chi connectivity index (χ4v) is 3.21. The number of hydrogen-bond acceptors (Lipinski definition) is 3. The van der Waals surface area contributed by atoms with E-state index in [1.807, 2.05) is 39.8 Å². The third-order valence-electron chi connectivity index (χ3n) is 3.95. The summed E-state index contributed by atoms with van der Waals surface area (Å²) in [4.78, 5) is 12.5. The molecule has 0 saturated carbocycles. The first kappa shape index (κ1) is 19.6. The highest BCUT2D eigenvalue weighted by Crippen LogP contribution is 2.27. The number of aryl methyl sites for hydroxylation is 3. The van der Waals surface area contributed by atoms with Crippen LogP contribution in [0.5, 0.6) is 5.75 Å². The summed E-state index contributed by atoms with van der Waals surface area (Å²) in [6, 6.07) is 8.21. The van der Waals surface area contributed by atoms with Crippen LogP contribution in [0.1, 0.15) is 54.6 Å². The van der Waals surface area contributed by atoms with E-state index in [1.54, 1.807) is 6.92 Å². The van der Waals surface area contributed by atoms with Crippen molar-refractivity contribution < 1.29 is 13.9 Å². The van der Waals surface area contributed by atoms with Crippen molar-refractivity contribution in [2.75, 3.05) is 0 Å². The zero-order chi connectivity index (χ0) is 18.6. The Labute approximate surface area is 158 Å². The average molecular weight is 408 g/mol. The predicted octanol–water partition coefficient (Wildman–Crippen LogP) is 5.20. The Kier molecular flexibility index (Phi) is 6.71. The molecular formula is C20H26BrNO3. The van der Waals surface area contributed by atoms with E-state index in [4.69, 9.17) is 9.15 Å². The molecule has 0 bridgehead atoms. The maximum atomic E-state index is 12.5. The monoisotopic (exact) mass is 407 g/mol. The first-order valence-corrected chi connectivity index (χ1v) is 9.39. The van der Waals surface area contributed by atoms with Crippen molar-refractivity contribution in [2.24, 2.45) is 0 Å². The Morgan fingerprint density at radius 3 is 2.32 bits per heavy atom. The lowest BCUT2D eigenvalue weighted by Crippen LogP contribution is -2.33. The smallest absolute Gasteiger partial charge is 0.256 e. The lowest BCUT2D eigenvalue weighted by molar-refractivity contribution is 0.0936. The molecule has 0 saturated heterocycles. The van der Waals surface area contributed by atoms with Gasteiger partial charge in [0.2, 0.25) is 0 Å². The normalized spacial score (nSPS) is 12.3. The Morgan fingerprint density at radius 2 is 1.80 bits per heavy atom. The number of carbonyl (C=O) groups excluding carboxylic acids is 1. The van der Waals surface area contributed by atoms with Gasteiger partial charge in [-0.15, -0.1) is 0 Å². The zero-order valence-corrected chi connectivity index (χ0v) is 17.1. The van der Waals surface area contributed by atoms with Crippen LogP contribution in [0, 0.1) is 13.8 Å². The molecule has 0 spiro atoms. The third-order valence-corrected chi connectivity index (χ3v) is 4.91. The van der Waals surface area contributed by atoms with E-state index in [-0.39, 0.29) is 18.1 Å². The number of amides is 1. The van der Waals surface area contributed by atoms with Crippen LogP contribution < -0.4 is 10.1 Å². The van der Waals surface area contributed by atoms with Crippen LogP contribution in [-0.4, -0.2) is 18.1 Å². The number of furan rings is 1. The lowest BCUT2D eigenvalue weighted by atomic mass is 10.1. The molecule has 1 atom stereocenters. The van der Waals surface area contributed by atoms with Crippen molar-refractivity contribution in [1.29, 1.82) is 0 Å². The van der Waals surface area contributed by atoms with Crippen molar-refractivity contribution in [3.05, 3.63) is 51.4 Å². The first-order valence-electron chi connectivity index (χ1n) is 8.60. The first-order chi connectivity index (χ1) is 11.8. The molecule has 4 nitrogen and oxygen atoms in total. The van der Waals surface area contributed by atoms with E-state index in [9.17, 15) is 4.79 Å². The van der Waals surface area contributed by atoms with Gasteiger partial charge in [0.1, 0.15) is 17.3 Å². The van der Waals surface area contributed by atoms with Crippen LogP contribution in [0.15, 0.2) is 33.2 Å². The number of nitrogens with one attached hydrogen (secondary N) is 1. The van der Waals surface area contributed by atoms with Crippen LogP contribution >= 0.6 is 15.9 Å². The lowest BCUT2D eigenvalue weighted by Gasteiger charge is -2.14. The van der Waals surface area contributed by atoms with E-state index in [2.05, 4.69) is 33.4 Å². The third kappa shape index (κ3) is 5.36. The van der Waals surface area contributed by atoms with Crippen LogP contribution in [0.25, 0.3) is 0 Å². The largest absolute Gasteiger partial charge is 0.491 e. The number of hydrogen-bond donors (Lipinski definition) is 1. The van der Waals surface area contributed by atoms with Gasteiger partial charge in [-0.1, -0.05) is 12.1 Å². The maximum Gasteiger partial charge on any atom is 0.256 e. The molecule has 0 aliphatic rings. The van der Waals surface area contributed by atoms with Crippen molar-refractivity contribution in [3.8, 4) is 5.75 Å². The molecule has 0 aliphatic carbocycles. The second-order valence-electron chi connectivity index (χ2n) is 6.63. The number of rotatable bonds is 7. The second kappa shape index (κ2) is 8.56. The summed E-state index contributed by atoms with van der Waals surface area (Å²) in [6.45, 7) is 9.69. The summed E-state index contributed by atoms with van der Waals surface area (Å²) in [7, 11) is 0. The van der Waals surface area contributed by atoms with Gasteiger partial charge in [-0.2, -0.15) is 0 Å². The number of ether oxygens (including phenoxy) is 1. The molecule has 1 N–H and O–H groups in total. The highest BCUT2D eigenvalue weighted by molar-refractivity contribution is 9.10. The summed E-state index contributed by atoms with van der Waals surface area (Å²) >= 11 is 3.42.